The van der Waals surface area contributed by atoms with Crippen LogP contribution in [0, 0.1) is 5.82 Å². The molecule has 0 fully saturated rings. The van der Waals surface area contributed by atoms with Gasteiger partial charge in [0, 0.05) is 0 Å². The Morgan fingerprint density at radius 3 is 1.89 bits per heavy atom. The van der Waals surface area contributed by atoms with E-state index in [1.807, 2.05) is 0 Å². The second kappa shape index (κ2) is 2.41. The van der Waals surface area contributed by atoms with E-state index >= 15 is 0 Å². The Hall–Kier alpha value is -0.480. The van der Waals surface area contributed by atoms with Crippen molar-refractivity contribution in [3.63, 3.8) is 0 Å². The summed E-state index contributed by atoms with van der Waals surface area (Å²) >= 11 is 10.3. The molecular weight excluding hydrogens is 168 g/mol. The molecule has 0 saturated heterocycles. The summed E-state index contributed by atoms with van der Waals surface area (Å²) in [5, 5.41) is 8.48. The van der Waals surface area contributed by atoms with Gasteiger partial charge in [-0.15, -0.1) is 10.2 Å². The van der Waals surface area contributed by atoms with Crippen molar-refractivity contribution in [1.82, 2.24) is 15.4 Å². The van der Waals surface area contributed by atoms with E-state index in [2.05, 4.69) is 15.4 Å². The molecule has 1 aromatic heterocycles. The smallest absolute Gasteiger partial charge is 0.200 e. The highest BCUT2D eigenvalue weighted by molar-refractivity contribution is 6.33. The lowest BCUT2D eigenvalue weighted by atomic mass is 10.7. The Bertz CT molecular complexity index is 208. The lowest BCUT2D eigenvalue weighted by molar-refractivity contribution is 0.599. The number of halogens is 3. The molecule has 0 aliphatic rings. The molecule has 1 aromatic rings. The zero-order chi connectivity index (χ0) is 6.85. The Morgan fingerprint density at radius 2 is 1.56 bits per heavy atom. The van der Waals surface area contributed by atoms with Gasteiger partial charge in [-0.3, -0.25) is 0 Å². The minimum Gasteiger partial charge on any atom is -0.200 e. The molecule has 0 N–H and O–H groups in total. The summed E-state index contributed by atoms with van der Waals surface area (Å²) in [6.07, 6.45) is 0. The molecule has 0 radical (unpaired) electrons. The maximum Gasteiger partial charge on any atom is 0.201 e. The summed E-state index contributed by atoms with van der Waals surface area (Å²) in [5.74, 6) is -0.840. The van der Waals surface area contributed by atoms with Gasteiger partial charge < -0.3 is 0 Å². The van der Waals surface area contributed by atoms with Gasteiger partial charge >= 0.3 is 0 Å². The van der Waals surface area contributed by atoms with Crippen molar-refractivity contribution < 1.29 is 4.39 Å². The molecule has 0 atom stereocenters. The third-order valence-electron chi connectivity index (χ3n) is 0.627. The maximum absolute atomic E-state index is 12.3. The number of aromatic nitrogens is 3. The fourth-order valence-corrected chi connectivity index (χ4v) is 0.569. The first-order valence-electron chi connectivity index (χ1n) is 1.91. The van der Waals surface area contributed by atoms with Gasteiger partial charge in [-0.05, 0) is 5.21 Å². The third kappa shape index (κ3) is 1.25. The standard InChI is InChI=1S/C3Cl2FN3/c4-2-1(6)3(5)8-9-7-2. The van der Waals surface area contributed by atoms with Crippen molar-refractivity contribution in [3.05, 3.63) is 16.1 Å². The Labute approximate surface area is 59.8 Å². The lowest BCUT2D eigenvalue weighted by Gasteiger charge is -1.88. The number of hydrogen-bond donors (Lipinski definition) is 0. The molecule has 0 amide bonds. The van der Waals surface area contributed by atoms with Gasteiger partial charge in [0.05, 0.1) is 0 Å². The second-order valence-electron chi connectivity index (χ2n) is 1.19. The normalized spacial score (nSPS) is 9.67. The van der Waals surface area contributed by atoms with Crippen molar-refractivity contribution in [1.29, 1.82) is 0 Å². The quantitative estimate of drug-likeness (QED) is 0.586. The fourth-order valence-electron chi connectivity index (χ4n) is 0.274. The zero-order valence-electron chi connectivity index (χ0n) is 3.98. The summed E-state index contributed by atoms with van der Waals surface area (Å²) in [7, 11) is 0. The summed E-state index contributed by atoms with van der Waals surface area (Å²) in [5.41, 5.74) is 0. The van der Waals surface area contributed by atoms with Crippen molar-refractivity contribution in [2.45, 2.75) is 0 Å². The molecule has 0 aliphatic carbocycles. The van der Waals surface area contributed by atoms with Crippen molar-refractivity contribution in [2.24, 2.45) is 0 Å². The van der Waals surface area contributed by atoms with Gasteiger partial charge in [0.2, 0.25) is 5.82 Å². The van der Waals surface area contributed by atoms with Crippen LogP contribution in [0.15, 0.2) is 0 Å². The lowest BCUT2D eigenvalue weighted by Crippen LogP contribution is -1.92. The van der Waals surface area contributed by atoms with E-state index in [4.69, 9.17) is 23.2 Å². The van der Waals surface area contributed by atoms with Crippen LogP contribution < -0.4 is 0 Å². The van der Waals surface area contributed by atoms with Crippen LogP contribution >= 0.6 is 23.2 Å². The molecule has 0 saturated carbocycles. The van der Waals surface area contributed by atoms with Gasteiger partial charge in [0.25, 0.3) is 0 Å². The minimum atomic E-state index is -0.840. The van der Waals surface area contributed by atoms with E-state index in [9.17, 15) is 4.39 Å². The number of rotatable bonds is 0. The molecule has 0 spiro atoms. The van der Waals surface area contributed by atoms with E-state index < -0.39 is 5.82 Å². The number of nitrogens with zero attached hydrogens (tertiary/aromatic N) is 3. The largest absolute Gasteiger partial charge is 0.201 e. The highest BCUT2D eigenvalue weighted by Crippen LogP contribution is 2.14. The van der Waals surface area contributed by atoms with Gasteiger partial charge in [-0.25, -0.2) is 4.39 Å². The Morgan fingerprint density at radius 1 is 1.11 bits per heavy atom. The predicted molar refractivity (Wildman–Crippen MR) is 29.8 cm³/mol. The number of hydrogen-bond acceptors (Lipinski definition) is 3. The highest BCUT2D eigenvalue weighted by atomic mass is 35.5. The molecule has 1 heterocycles. The van der Waals surface area contributed by atoms with E-state index in [1.54, 1.807) is 0 Å². The molecule has 0 unspecified atom stereocenters. The van der Waals surface area contributed by atoms with Gasteiger partial charge in [0.15, 0.2) is 10.3 Å². The van der Waals surface area contributed by atoms with Crippen LogP contribution in [0.25, 0.3) is 0 Å². The van der Waals surface area contributed by atoms with E-state index in [-0.39, 0.29) is 10.3 Å². The van der Waals surface area contributed by atoms with E-state index in [0.29, 0.717) is 0 Å². The molecular formula is C3Cl2FN3. The van der Waals surface area contributed by atoms with E-state index in [0.717, 1.165) is 0 Å². The minimum absolute atomic E-state index is 0.366. The molecule has 1 rings (SSSR count). The Balaban J connectivity index is 3.25. The fraction of sp³-hybridized carbons (Fsp3) is 0. The van der Waals surface area contributed by atoms with E-state index in [1.165, 1.54) is 0 Å². The van der Waals surface area contributed by atoms with Crippen LogP contribution in [0.4, 0.5) is 4.39 Å². The average molecular weight is 168 g/mol. The SMILES string of the molecule is Fc1c(Cl)nnnc1Cl. The molecule has 9 heavy (non-hydrogen) atoms. The van der Waals surface area contributed by atoms with Gasteiger partial charge in [-0.2, -0.15) is 0 Å². The predicted octanol–water partition coefficient (Wildman–Crippen LogP) is 1.32. The molecule has 48 valence electrons. The van der Waals surface area contributed by atoms with Crippen molar-refractivity contribution in [2.75, 3.05) is 0 Å². The summed E-state index contributed by atoms with van der Waals surface area (Å²) in [6.45, 7) is 0. The third-order valence-corrected chi connectivity index (χ3v) is 1.11. The van der Waals surface area contributed by atoms with Crippen LogP contribution in [0.1, 0.15) is 0 Å². The van der Waals surface area contributed by atoms with Crippen LogP contribution in [0.3, 0.4) is 0 Å². The molecule has 0 aromatic carbocycles. The summed E-state index contributed by atoms with van der Waals surface area (Å²) in [6, 6.07) is 0. The van der Waals surface area contributed by atoms with Crippen LogP contribution in [-0.2, 0) is 0 Å². The topological polar surface area (TPSA) is 38.7 Å². The molecule has 0 bridgehead atoms. The van der Waals surface area contributed by atoms with Crippen LogP contribution in [-0.4, -0.2) is 15.4 Å². The average Bonchev–Trinajstić information content (AvgIpc) is 1.83. The monoisotopic (exact) mass is 167 g/mol. The second-order valence-corrected chi connectivity index (χ2v) is 1.90. The molecule has 6 heteroatoms. The van der Waals surface area contributed by atoms with Crippen LogP contribution in [0.5, 0.6) is 0 Å². The van der Waals surface area contributed by atoms with Crippen molar-refractivity contribution >= 4 is 23.2 Å². The molecule has 3 nitrogen and oxygen atoms in total. The Kier molecular flexibility index (Phi) is 1.78. The summed E-state index contributed by atoms with van der Waals surface area (Å²) < 4.78 is 12.3. The first-order valence-corrected chi connectivity index (χ1v) is 2.67. The highest BCUT2D eigenvalue weighted by Gasteiger charge is 2.06. The van der Waals surface area contributed by atoms with Crippen molar-refractivity contribution in [3.8, 4) is 0 Å². The first kappa shape index (κ1) is 6.64. The molecule has 0 aliphatic heterocycles. The maximum atomic E-state index is 12.3. The first-order chi connectivity index (χ1) is 4.22. The summed E-state index contributed by atoms with van der Waals surface area (Å²) in [4.78, 5) is 0. The van der Waals surface area contributed by atoms with Gasteiger partial charge in [0.1, 0.15) is 0 Å². The van der Waals surface area contributed by atoms with Gasteiger partial charge in [-0.1, -0.05) is 23.2 Å². The van der Waals surface area contributed by atoms with Crippen LogP contribution in [0.2, 0.25) is 10.3 Å². The zero-order valence-corrected chi connectivity index (χ0v) is 5.49.